The van der Waals surface area contributed by atoms with E-state index in [0.29, 0.717) is 17.7 Å². The van der Waals surface area contributed by atoms with E-state index in [0.717, 1.165) is 5.56 Å². The molecule has 2 heterocycles. The van der Waals surface area contributed by atoms with Gasteiger partial charge in [-0.2, -0.15) is 0 Å². The Hall–Kier alpha value is -4.00. The Morgan fingerprint density at radius 2 is 1.72 bits per heavy atom. The third-order valence-electron chi connectivity index (χ3n) is 4.34. The molecule has 29 heavy (non-hydrogen) atoms. The molecule has 0 atom stereocenters. The van der Waals surface area contributed by atoms with Gasteiger partial charge in [0.15, 0.2) is 5.69 Å². The summed E-state index contributed by atoms with van der Waals surface area (Å²) in [5, 5.41) is 5.43. The zero-order valence-electron chi connectivity index (χ0n) is 15.3. The summed E-state index contributed by atoms with van der Waals surface area (Å²) < 4.78 is 14.9. The fraction of sp³-hybridized carbons (Fsp3) is 0.0455. The lowest BCUT2D eigenvalue weighted by Crippen LogP contribution is -2.25. The smallest absolute Gasteiger partial charge is 0.287 e. The number of fused-ring (bicyclic) bond motifs is 1. The first kappa shape index (κ1) is 18.4. The van der Waals surface area contributed by atoms with Gasteiger partial charge in [-0.05, 0) is 35.9 Å². The van der Waals surface area contributed by atoms with E-state index in [1.54, 1.807) is 34.9 Å². The van der Waals surface area contributed by atoms with Gasteiger partial charge in [0.05, 0.1) is 5.52 Å². The minimum absolute atomic E-state index is 0.0831. The molecule has 0 fully saturated rings. The van der Waals surface area contributed by atoms with Crippen molar-refractivity contribution < 1.29 is 14.0 Å². The third-order valence-corrected chi connectivity index (χ3v) is 4.34. The molecular weight excluding hydrogens is 371 g/mol. The second kappa shape index (κ2) is 7.93. The number of hydrogen-bond donors (Lipinski definition) is 2. The molecule has 144 valence electrons. The molecule has 2 amide bonds. The summed E-state index contributed by atoms with van der Waals surface area (Å²) in [5.41, 5.74) is 1.82. The predicted molar refractivity (Wildman–Crippen MR) is 107 cm³/mol. The summed E-state index contributed by atoms with van der Waals surface area (Å²) in [4.78, 5) is 29.7. The van der Waals surface area contributed by atoms with Crippen LogP contribution in [-0.4, -0.2) is 21.2 Å². The number of nitrogens with zero attached hydrogens (tertiary/aromatic N) is 2. The number of nitrogens with one attached hydrogen (secondary N) is 2. The van der Waals surface area contributed by atoms with E-state index in [-0.39, 0.29) is 11.5 Å². The molecule has 2 N–H and O–H groups in total. The minimum Gasteiger partial charge on any atom is -0.345 e. The van der Waals surface area contributed by atoms with Crippen LogP contribution in [0.2, 0.25) is 0 Å². The van der Waals surface area contributed by atoms with Crippen LogP contribution in [0.25, 0.3) is 5.52 Å². The molecule has 6 nitrogen and oxygen atoms in total. The van der Waals surface area contributed by atoms with E-state index in [1.165, 1.54) is 18.2 Å². The van der Waals surface area contributed by atoms with Crippen LogP contribution < -0.4 is 10.6 Å². The molecule has 2 aromatic carbocycles. The Kier molecular flexibility index (Phi) is 5.03. The first-order chi connectivity index (χ1) is 14.1. The maximum absolute atomic E-state index is 13.4. The van der Waals surface area contributed by atoms with Crippen LogP contribution in [0.4, 0.5) is 10.1 Å². The maximum atomic E-state index is 13.4. The van der Waals surface area contributed by atoms with Crippen LogP contribution in [0, 0.1) is 5.82 Å². The summed E-state index contributed by atoms with van der Waals surface area (Å²) in [6.07, 6.45) is 1.67. The Labute approximate surface area is 166 Å². The molecule has 0 aliphatic heterocycles. The number of carbonyl (C=O) groups excluding carboxylic acids is 2. The van der Waals surface area contributed by atoms with Crippen LogP contribution in [0.3, 0.4) is 0 Å². The van der Waals surface area contributed by atoms with Crippen LogP contribution in [0.5, 0.6) is 0 Å². The molecule has 0 aliphatic carbocycles. The fourth-order valence-electron chi connectivity index (χ4n) is 2.98. The first-order valence-electron chi connectivity index (χ1n) is 8.98. The van der Waals surface area contributed by atoms with E-state index in [4.69, 9.17) is 0 Å². The van der Waals surface area contributed by atoms with Crippen molar-refractivity contribution in [2.75, 3.05) is 5.32 Å². The van der Waals surface area contributed by atoms with Crippen molar-refractivity contribution in [1.29, 1.82) is 0 Å². The van der Waals surface area contributed by atoms with Crippen LogP contribution in [0.15, 0.2) is 79.0 Å². The van der Waals surface area contributed by atoms with Gasteiger partial charge in [0.25, 0.3) is 11.8 Å². The number of amides is 2. The van der Waals surface area contributed by atoms with Gasteiger partial charge in [0, 0.05) is 18.4 Å². The normalized spacial score (nSPS) is 10.7. The van der Waals surface area contributed by atoms with E-state index in [2.05, 4.69) is 15.6 Å². The summed E-state index contributed by atoms with van der Waals surface area (Å²) in [6, 6.07) is 20.3. The number of halogens is 1. The molecule has 7 heteroatoms. The number of aromatic nitrogens is 2. The number of rotatable bonds is 5. The third kappa shape index (κ3) is 3.98. The van der Waals surface area contributed by atoms with Gasteiger partial charge in [-0.25, -0.2) is 9.37 Å². The molecular formula is C22H17FN4O2. The lowest BCUT2D eigenvalue weighted by Gasteiger charge is -2.04. The molecule has 0 saturated heterocycles. The van der Waals surface area contributed by atoms with Crippen molar-refractivity contribution in [3.63, 3.8) is 0 Å². The Morgan fingerprint density at radius 3 is 2.52 bits per heavy atom. The highest BCUT2D eigenvalue weighted by Gasteiger charge is 2.21. The number of carbonyl (C=O) groups is 2. The average molecular weight is 388 g/mol. The molecule has 4 aromatic rings. The lowest BCUT2D eigenvalue weighted by atomic mass is 10.2. The summed E-state index contributed by atoms with van der Waals surface area (Å²) in [7, 11) is 0. The fourth-order valence-corrected chi connectivity index (χ4v) is 2.98. The first-order valence-corrected chi connectivity index (χ1v) is 8.98. The molecule has 0 bridgehead atoms. The van der Waals surface area contributed by atoms with Gasteiger partial charge in [-0.1, -0.05) is 42.5 Å². The highest BCUT2D eigenvalue weighted by atomic mass is 19.1. The van der Waals surface area contributed by atoms with Gasteiger partial charge in [-0.3, -0.25) is 14.0 Å². The van der Waals surface area contributed by atoms with Crippen molar-refractivity contribution in [3.8, 4) is 0 Å². The van der Waals surface area contributed by atoms with E-state index in [1.807, 2.05) is 30.3 Å². The van der Waals surface area contributed by atoms with Gasteiger partial charge < -0.3 is 10.6 Å². The van der Waals surface area contributed by atoms with Crippen LogP contribution >= 0.6 is 0 Å². The average Bonchev–Trinajstić information content (AvgIpc) is 3.13. The zero-order chi connectivity index (χ0) is 20.2. The summed E-state index contributed by atoms with van der Waals surface area (Å²) in [5.74, 6) is -1.29. The van der Waals surface area contributed by atoms with Gasteiger partial charge in [-0.15, -0.1) is 0 Å². The van der Waals surface area contributed by atoms with Crippen LogP contribution in [-0.2, 0) is 6.54 Å². The van der Waals surface area contributed by atoms with Gasteiger partial charge in [0.1, 0.15) is 5.82 Å². The molecule has 0 spiro atoms. The molecule has 0 aliphatic rings. The van der Waals surface area contributed by atoms with Crippen molar-refractivity contribution in [3.05, 3.63) is 102 Å². The molecule has 0 radical (unpaired) electrons. The monoisotopic (exact) mass is 388 g/mol. The highest BCUT2D eigenvalue weighted by Crippen LogP contribution is 2.16. The van der Waals surface area contributed by atoms with Crippen LogP contribution in [0.1, 0.15) is 26.7 Å². The largest absolute Gasteiger partial charge is 0.345 e. The van der Waals surface area contributed by atoms with E-state index in [9.17, 15) is 14.0 Å². The van der Waals surface area contributed by atoms with Crippen molar-refractivity contribution in [2.24, 2.45) is 0 Å². The number of benzene rings is 2. The minimum atomic E-state index is -0.526. The molecule has 0 unspecified atom stereocenters. The second-order valence-electron chi connectivity index (χ2n) is 6.37. The number of anilines is 1. The molecule has 4 rings (SSSR count). The van der Waals surface area contributed by atoms with Crippen molar-refractivity contribution in [1.82, 2.24) is 14.7 Å². The summed E-state index contributed by atoms with van der Waals surface area (Å²) >= 11 is 0. The van der Waals surface area contributed by atoms with E-state index < -0.39 is 17.6 Å². The van der Waals surface area contributed by atoms with Crippen molar-refractivity contribution >= 4 is 23.0 Å². The van der Waals surface area contributed by atoms with Gasteiger partial charge in [0.2, 0.25) is 5.82 Å². The highest BCUT2D eigenvalue weighted by molar-refractivity contribution is 6.08. The van der Waals surface area contributed by atoms with Gasteiger partial charge >= 0.3 is 0 Å². The van der Waals surface area contributed by atoms with E-state index >= 15 is 0 Å². The Balaban J connectivity index is 1.61. The Morgan fingerprint density at radius 1 is 0.931 bits per heavy atom. The Bertz CT molecular complexity index is 1190. The lowest BCUT2D eigenvalue weighted by molar-refractivity contribution is 0.0940. The number of pyridine rings is 1. The predicted octanol–water partition coefficient (Wildman–Crippen LogP) is 3.66. The SMILES string of the molecule is O=C(Nc1cccc(F)c1)c1nc(C(=O)NCc2ccccc2)n2ccccc12. The second-order valence-corrected chi connectivity index (χ2v) is 6.37. The quantitative estimate of drug-likeness (QED) is 0.548. The zero-order valence-corrected chi connectivity index (χ0v) is 15.3. The molecule has 0 saturated carbocycles. The van der Waals surface area contributed by atoms with Crippen molar-refractivity contribution in [2.45, 2.75) is 6.54 Å². The topological polar surface area (TPSA) is 75.5 Å². The number of hydrogen-bond acceptors (Lipinski definition) is 3. The standard InChI is InChI=1S/C22H17FN4O2/c23-16-9-6-10-17(13-16)25-21(28)19-18-11-4-5-12-27(18)20(26-19)22(29)24-14-15-7-2-1-3-8-15/h1-13H,14H2,(H,24,29)(H,25,28). The summed E-state index contributed by atoms with van der Waals surface area (Å²) in [6.45, 7) is 0.340. The molecule has 2 aromatic heterocycles. The number of imidazole rings is 1. The maximum Gasteiger partial charge on any atom is 0.287 e.